The fraction of sp³-hybridized carbons (Fsp3) is 0.632. The van der Waals surface area contributed by atoms with Crippen molar-refractivity contribution in [1.29, 1.82) is 0 Å². The van der Waals surface area contributed by atoms with Gasteiger partial charge in [0.25, 0.3) is 0 Å². The van der Waals surface area contributed by atoms with E-state index >= 15 is 0 Å². The highest BCUT2D eigenvalue weighted by atomic mass is 16.5. The van der Waals surface area contributed by atoms with Crippen LogP contribution in [0.3, 0.4) is 0 Å². The summed E-state index contributed by atoms with van der Waals surface area (Å²) in [6.45, 7) is 6.83. The number of carbonyl (C=O) groups excluding carboxylic acids is 1. The van der Waals surface area contributed by atoms with E-state index in [1.807, 2.05) is 12.1 Å². The van der Waals surface area contributed by atoms with Crippen LogP contribution in [0.4, 0.5) is 0 Å². The van der Waals surface area contributed by atoms with Crippen LogP contribution in [0.25, 0.3) is 0 Å². The molecule has 0 aromatic heterocycles. The van der Waals surface area contributed by atoms with Crippen LogP contribution >= 0.6 is 0 Å². The maximum atomic E-state index is 12.1. The zero-order valence-electron chi connectivity index (χ0n) is 14.3. The van der Waals surface area contributed by atoms with Gasteiger partial charge in [-0.1, -0.05) is 12.1 Å². The Morgan fingerprint density at radius 3 is 2.65 bits per heavy atom. The molecule has 1 aliphatic carbocycles. The van der Waals surface area contributed by atoms with Gasteiger partial charge in [-0.15, -0.1) is 0 Å². The van der Waals surface area contributed by atoms with Gasteiger partial charge in [0.1, 0.15) is 5.75 Å². The molecule has 0 unspecified atom stereocenters. The molecule has 0 bridgehead atoms. The number of benzene rings is 1. The highest BCUT2D eigenvalue weighted by Crippen LogP contribution is 2.29. The van der Waals surface area contributed by atoms with Crippen molar-refractivity contribution in [2.45, 2.75) is 58.0 Å². The van der Waals surface area contributed by atoms with E-state index in [0.717, 1.165) is 43.3 Å². The molecule has 126 valence electrons. The summed E-state index contributed by atoms with van der Waals surface area (Å²) in [6.07, 6.45) is 5.33. The molecule has 1 amide bonds. The molecular weight excluding hydrogens is 288 g/mol. The summed E-state index contributed by atoms with van der Waals surface area (Å²) in [7, 11) is 0. The number of carbonyl (C=O) groups is 1. The zero-order chi connectivity index (χ0) is 16.2. The number of rotatable bonds is 6. The van der Waals surface area contributed by atoms with Gasteiger partial charge >= 0.3 is 0 Å². The number of nitrogens with zero attached hydrogens (tertiary/aromatic N) is 1. The Kier molecular flexibility index (Phi) is 5.21. The van der Waals surface area contributed by atoms with Crippen LogP contribution in [-0.2, 0) is 4.79 Å². The van der Waals surface area contributed by atoms with Crippen LogP contribution in [0.5, 0.6) is 5.75 Å². The Morgan fingerprint density at radius 1 is 1.22 bits per heavy atom. The number of ether oxygens (including phenoxy) is 1. The van der Waals surface area contributed by atoms with E-state index in [0.29, 0.717) is 19.1 Å². The molecule has 4 nitrogen and oxygen atoms in total. The van der Waals surface area contributed by atoms with Crippen LogP contribution in [0.15, 0.2) is 18.2 Å². The molecule has 23 heavy (non-hydrogen) atoms. The van der Waals surface area contributed by atoms with Gasteiger partial charge in [0.2, 0.25) is 5.91 Å². The largest absolute Gasteiger partial charge is 0.493 e. The summed E-state index contributed by atoms with van der Waals surface area (Å²) in [5.41, 5.74) is 2.37. The molecule has 0 spiro atoms. The second kappa shape index (κ2) is 7.35. The highest BCUT2D eigenvalue weighted by molar-refractivity contribution is 5.76. The normalized spacial score (nSPS) is 19.6. The lowest BCUT2D eigenvalue weighted by molar-refractivity contribution is -0.122. The molecule has 1 heterocycles. The first-order valence-electron chi connectivity index (χ1n) is 8.86. The van der Waals surface area contributed by atoms with E-state index in [1.54, 1.807) is 0 Å². The Balaban J connectivity index is 1.36. The van der Waals surface area contributed by atoms with Gasteiger partial charge in [-0.25, -0.2) is 0 Å². The Bertz CT molecular complexity index is 546. The van der Waals surface area contributed by atoms with Crippen molar-refractivity contribution >= 4 is 5.91 Å². The average molecular weight is 316 g/mol. The summed E-state index contributed by atoms with van der Waals surface area (Å²) in [5.74, 6) is 0.996. The quantitative estimate of drug-likeness (QED) is 0.877. The van der Waals surface area contributed by atoms with Crippen LogP contribution in [-0.4, -0.2) is 42.6 Å². The van der Waals surface area contributed by atoms with Crippen LogP contribution < -0.4 is 10.1 Å². The Morgan fingerprint density at radius 2 is 1.96 bits per heavy atom. The van der Waals surface area contributed by atoms with Crippen LogP contribution in [0.2, 0.25) is 0 Å². The molecule has 2 fully saturated rings. The monoisotopic (exact) mass is 316 g/mol. The van der Waals surface area contributed by atoms with E-state index in [2.05, 4.69) is 30.1 Å². The first-order chi connectivity index (χ1) is 11.1. The molecule has 0 atom stereocenters. The van der Waals surface area contributed by atoms with Gasteiger partial charge in [0, 0.05) is 25.2 Å². The average Bonchev–Trinajstić information content (AvgIpc) is 3.37. The van der Waals surface area contributed by atoms with Crippen molar-refractivity contribution in [2.75, 3.05) is 19.7 Å². The fourth-order valence-electron chi connectivity index (χ4n) is 3.28. The minimum Gasteiger partial charge on any atom is -0.493 e. The Hall–Kier alpha value is -1.55. The van der Waals surface area contributed by atoms with Crippen molar-refractivity contribution in [3.05, 3.63) is 29.3 Å². The maximum Gasteiger partial charge on any atom is 0.223 e. The van der Waals surface area contributed by atoms with Gasteiger partial charge in [0.15, 0.2) is 0 Å². The second-order valence-electron chi connectivity index (χ2n) is 6.91. The number of likely N-dealkylation sites (tertiary alicyclic amines) is 1. The first kappa shape index (κ1) is 16.3. The summed E-state index contributed by atoms with van der Waals surface area (Å²) in [6, 6.07) is 7.22. The van der Waals surface area contributed by atoms with Crippen molar-refractivity contribution in [2.24, 2.45) is 0 Å². The number of nitrogens with one attached hydrogen (secondary N) is 1. The minimum atomic E-state index is 0.111. The third kappa shape index (κ3) is 4.47. The molecule has 1 aromatic carbocycles. The standard InChI is InChI=1S/C19H28N2O2/c1-14-4-3-5-18(15(14)2)23-13-10-19(22)20-16-8-11-21(12-9-16)17-6-7-17/h3-5,16-17H,6-13H2,1-2H3,(H,20,22). The van der Waals surface area contributed by atoms with Crippen LogP contribution in [0.1, 0.15) is 43.2 Å². The van der Waals surface area contributed by atoms with Gasteiger partial charge in [0.05, 0.1) is 13.0 Å². The molecule has 1 N–H and O–H groups in total. The molecular formula is C19H28N2O2. The smallest absolute Gasteiger partial charge is 0.223 e. The van der Waals surface area contributed by atoms with E-state index in [4.69, 9.17) is 4.74 Å². The number of hydrogen-bond donors (Lipinski definition) is 1. The summed E-state index contributed by atoms with van der Waals surface area (Å²) in [5, 5.41) is 3.17. The fourth-order valence-corrected chi connectivity index (χ4v) is 3.28. The molecule has 2 aliphatic rings. The second-order valence-corrected chi connectivity index (χ2v) is 6.91. The molecule has 3 rings (SSSR count). The lowest BCUT2D eigenvalue weighted by Crippen LogP contribution is -2.45. The van der Waals surface area contributed by atoms with Crippen molar-refractivity contribution in [1.82, 2.24) is 10.2 Å². The molecule has 1 saturated carbocycles. The van der Waals surface area contributed by atoms with Gasteiger partial charge in [-0.3, -0.25) is 4.79 Å². The highest BCUT2D eigenvalue weighted by Gasteiger charge is 2.31. The van der Waals surface area contributed by atoms with E-state index in [1.165, 1.54) is 18.4 Å². The summed E-state index contributed by atoms with van der Waals surface area (Å²) >= 11 is 0. The van der Waals surface area contributed by atoms with Crippen molar-refractivity contribution < 1.29 is 9.53 Å². The predicted octanol–water partition coefficient (Wildman–Crippen LogP) is 2.82. The summed E-state index contributed by atoms with van der Waals surface area (Å²) < 4.78 is 5.77. The minimum absolute atomic E-state index is 0.111. The van der Waals surface area contributed by atoms with E-state index in [9.17, 15) is 4.79 Å². The third-order valence-electron chi connectivity index (χ3n) is 5.10. The van der Waals surface area contributed by atoms with Crippen LogP contribution in [0, 0.1) is 13.8 Å². The van der Waals surface area contributed by atoms with Crippen molar-refractivity contribution in [3.63, 3.8) is 0 Å². The number of piperidine rings is 1. The molecule has 4 heteroatoms. The lowest BCUT2D eigenvalue weighted by atomic mass is 10.0. The SMILES string of the molecule is Cc1cccc(OCCC(=O)NC2CCN(C3CC3)CC2)c1C. The lowest BCUT2D eigenvalue weighted by Gasteiger charge is -2.32. The van der Waals surface area contributed by atoms with E-state index < -0.39 is 0 Å². The number of aryl methyl sites for hydroxylation is 1. The first-order valence-corrected chi connectivity index (χ1v) is 8.86. The molecule has 1 aliphatic heterocycles. The summed E-state index contributed by atoms with van der Waals surface area (Å²) in [4.78, 5) is 14.7. The predicted molar refractivity (Wildman–Crippen MR) is 91.8 cm³/mol. The van der Waals surface area contributed by atoms with Crippen molar-refractivity contribution in [3.8, 4) is 5.75 Å². The Labute approximate surface area is 139 Å². The van der Waals surface area contributed by atoms with Gasteiger partial charge in [-0.05, 0) is 56.7 Å². The molecule has 0 radical (unpaired) electrons. The zero-order valence-corrected chi connectivity index (χ0v) is 14.3. The molecule has 1 aromatic rings. The van der Waals surface area contributed by atoms with Gasteiger partial charge in [-0.2, -0.15) is 0 Å². The van der Waals surface area contributed by atoms with E-state index in [-0.39, 0.29) is 5.91 Å². The number of amides is 1. The topological polar surface area (TPSA) is 41.6 Å². The third-order valence-corrected chi connectivity index (χ3v) is 5.10. The van der Waals surface area contributed by atoms with Gasteiger partial charge < -0.3 is 15.0 Å². The molecule has 1 saturated heterocycles. The maximum absolute atomic E-state index is 12.1. The number of hydrogen-bond acceptors (Lipinski definition) is 3.